The summed E-state index contributed by atoms with van der Waals surface area (Å²) in [6, 6.07) is 7.83. The Balaban J connectivity index is 1.44. The third-order valence-electron chi connectivity index (χ3n) is 5.83. The van der Waals surface area contributed by atoms with Gasteiger partial charge in [0.15, 0.2) is 0 Å². The van der Waals surface area contributed by atoms with Gasteiger partial charge in [0.1, 0.15) is 0 Å². The van der Waals surface area contributed by atoms with Crippen molar-refractivity contribution in [2.24, 2.45) is 40.6 Å². The molecule has 6 rings (SSSR count). The number of hydrogen-bond donors (Lipinski definition) is 0. The minimum atomic E-state index is -0.171. The minimum Gasteiger partial charge on any atom is -0.272 e. The predicted molar refractivity (Wildman–Crippen MR) is 93.3 cm³/mol. The molecule has 6 atom stereocenters. The molecule has 1 aromatic carbocycles. The molecule has 1 saturated heterocycles. The molecule has 116 valence electrons. The Labute approximate surface area is 147 Å². The van der Waals surface area contributed by atoms with Crippen LogP contribution in [-0.2, 0) is 9.59 Å². The van der Waals surface area contributed by atoms with Gasteiger partial charge in [0.2, 0.25) is 0 Å². The lowest BCUT2D eigenvalue weighted by molar-refractivity contribution is -0.140. The Bertz CT molecular complexity index is 734. The molecule has 2 saturated carbocycles. The highest BCUT2D eigenvalue weighted by atomic mass is 127. The summed E-state index contributed by atoms with van der Waals surface area (Å²) in [5.41, 5.74) is 0.893. The molecular formula is C18H15IN2O2. The van der Waals surface area contributed by atoms with E-state index >= 15 is 0 Å². The minimum absolute atomic E-state index is 0.105. The normalized spacial score (nSPS) is 40.0. The quantitative estimate of drug-likeness (QED) is 0.321. The standard InChI is InChI=1S/C18H15IN2O2/c19-10-3-1-9(2-4-10)8-20-21-17(22)15-11-5-6-12(14-7-13(11)14)16(15)18(21)23/h1-6,8,11-16H,7H2/t11-,12-,13-,14-,15-,16+/m0/s1. The summed E-state index contributed by atoms with van der Waals surface area (Å²) in [5.74, 6) is 1.21. The summed E-state index contributed by atoms with van der Waals surface area (Å²) < 4.78 is 1.14. The maximum atomic E-state index is 12.7. The first kappa shape index (κ1) is 13.9. The Hall–Kier alpha value is -1.50. The van der Waals surface area contributed by atoms with Gasteiger partial charge in [-0.3, -0.25) is 9.59 Å². The van der Waals surface area contributed by atoms with Gasteiger partial charge in [0, 0.05) is 3.57 Å². The van der Waals surface area contributed by atoms with Crippen molar-refractivity contribution in [3.8, 4) is 0 Å². The van der Waals surface area contributed by atoms with E-state index in [4.69, 9.17) is 0 Å². The molecule has 3 fully saturated rings. The van der Waals surface area contributed by atoms with Gasteiger partial charge in [-0.25, -0.2) is 0 Å². The number of allylic oxidation sites excluding steroid dienone is 2. The maximum Gasteiger partial charge on any atom is 0.254 e. The smallest absolute Gasteiger partial charge is 0.254 e. The highest BCUT2D eigenvalue weighted by Crippen LogP contribution is 2.65. The number of hydrogen-bond acceptors (Lipinski definition) is 3. The van der Waals surface area contributed by atoms with Gasteiger partial charge in [-0.1, -0.05) is 24.3 Å². The summed E-state index contributed by atoms with van der Waals surface area (Å²) in [6.07, 6.45) is 7.15. The van der Waals surface area contributed by atoms with E-state index in [2.05, 4.69) is 39.8 Å². The zero-order valence-electron chi connectivity index (χ0n) is 12.3. The molecule has 0 N–H and O–H groups in total. The first-order valence-corrected chi connectivity index (χ1v) is 9.09. The van der Waals surface area contributed by atoms with Gasteiger partial charge in [-0.05, 0) is 70.4 Å². The summed E-state index contributed by atoms with van der Waals surface area (Å²) in [7, 11) is 0. The molecular weight excluding hydrogens is 403 g/mol. The number of amides is 2. The third kappa shape index (κ3) is 1.92. The molecule has 1 aromatic rings. The van der Waals surface area contributed by atoms with Crippen molar-refractivity contribution >= 4 is 40.6 Å². The highest BCUT2D eigenvalue weighted by Gasteiger charge is 2.67. The van der Waals surface area contributed by atoms with Crippen LogP contribution < -0.4 is 0 Å². The fraction of sp³-hybridized carbons (Fsp3) is 0.389. The molecule has 0 spiro atoms. The maximum absolute atomic E-state index is 12.7. The van der Waals surface area contributed by atoms with Crippen LogP contribution in [-0.4, -0.2) is 23.0 Å². The van der Waals surface area contributed by atoms with Crippen LogP contribution in [0.4, 0.5) is 0 Å². The van der Waals surface area contributed by atoms with Crippen LogP contribution in [0.1, 0.15) is 12.0 Å². The Morgan fingerprint density at radius 3 is 2.13 bits per heavy atom. The number of halogens is 1. The number of hydrazone groups is 1. The topological polar surface area (TPSA) is 49.7 Å². The molecule has 2 bridgehead atoms. The van der Waals surface area contributed by atoms with Crippen molar-refractivity contribution in [1.82, 2.24) is 5.01 Å². The van der Waals surface area contributed by atoms with Crippen molar-refractivity contribution in [3.05, 3.63) is 45.6 Å². The molecule has 2 amide bonds. The lowest BCUT2D eigenvalue weighted by Crippen LogP contribution is -2.40. The van der Waals surface area contributed by atoms with Crippen LogP contribution in [0.25, 0.3) is 0 Å². The van der Waals surface area contributed by atoms with Crippen molar-refractivity contribution < 1.29 is 9.59 Å². The fourth-order valence-corrected chi connectivity index (χ4v) is 5.09. The molecule has 5 heteroatoms. The summed E-state index contributed by atoms with van der Waals surface area (Å²) >= 11 is 2.24. The third-order valence-corrected chi connectivity index (χ3v) is 6.55. The number of carbonyl (C=O) groups is 2. The molecule has 1 heterocycles. The van der Waals surface area contributed by atoms with E-state index in [1.807, 2.05) is 24.3 Å². The first-order chi connectivity index (χ1) is 11.1. The lowest BCUT2D eigenvalue weighted by atomic mass is 9.63. The van der Waals surface area contributed by atoms with Gasteiger partial charge < -0.3 is 0 Å². The average molecular weight is 418 g/mol. The number of carbonyl (C=O) groups excluding carboxylic acids is 2. The van der Waals surface area contributed by atoms with E-state index in [0.717, 1.165) is 14.1 Å². The molecule has 0 aromatic heterocycles. The van der Waals surface area contributed by atoms with Crippen LogP contribution in [0.15, 0.2) is 41.5 Å². The average Bonchev–Trinajstić information content (AvgIpc) is 3.33. The molecule has 4 nitrogen and oxygen atoms in total. The number of imide groups is 1. The molecule has 0 radical (unpaired) electrons. The molecule has 1 aliphatic heterocycles. The van der Waals surface area contributed by atoms with E-state index in [9.17, 15) is 9.59 Å². The zero-order valence-corrected chi connectivity index (χ0v) is 14.5. The van der Waals surface area contributed by atoms with Gasteiger partial charge in [-0.15, -0.1) is 0 Å². The van der Waals surface area contributed by atoms with E-state index in [-0.39, 0.29) is 35.5 Å². The van der Waals surface area contributed by atoms with E-state index in [1.165, 1.54) is 6.42 Å². The van der Waals surface area contributed by atoms with Crippen LogP contribution in [0.2, 0.25) is 0 Å². The Morgan fingerprint density at radius 1 is 1.00 bits per heavy atom. The Kier molecular flexibility index (Phi) is 2.87. The molecule has 0 unspecified atom stereocenters. The molecule has 5 aliphatic rings. The monoisotopic (exact) mass is 418 g/mol. The predicted octanol–water partition coefficient (Wildman–Crippen LogP) is 2.68. The van der Waals surface area contributed by atoms with Crippen molar-refractivity contribution in [2.75, 3.05) is 0 Å². The van der Waals surface area contributed by atoms with Crippen LogP contribution in [0.3, 0.4) is 0 Å². The fourth-order valence-electron chi connectivity index (χ4n) is 4.73. The van der Waals surface area contributed by atoms with Gasteiger partial charge in [-0.2, -0.15) is 10.1 Å². The highest BCUT2D eigenvalue weighted by molar-refractivity contribution is 14.1. The van der Waals surface area contributed by atoms with E-state index in [1.54, 1.807) is 6.21 Å². The number of benzene rings is 1. The summed E-state index contributed by atoms with van der Waals surface area (Å²) in [4.78, 5) is 25.5. The Morgan fingerprint density at radius 2 is 1.57 bits per heavy atom. The van der Waals surface area contributed by atoms with Gasteiger partial charge in [0.05, 0.1) is 18.1 Å². The zero-order chi connectivity index (χ0) is 15.7. The van der Waals surface area contributed by atoms with Gasteiger partial charge in [0.25, 0.3) is 11.8 Å². The van der Waals surface area contributed by atoms with E-state index in [0.29, 0.717) is 11.8 Å². The second kappa shape index (κ2) is 4.75. The SMILES string of the molecule is O=C1[C@@H]2[C@H]3C=C[C@@H]([C@@H]4C[C@@H]34)[C@@H]2C(=O)N1N=Cc1ccc(I)cc1. The molecule has 4 aliphatic carbocycles. The summed E-state index contributed by atoms with van der Waals surface area (Å²) in [6.45, 7) is 0. The lowest BCUT2D eigenvalue weighted by Gasteiger charge is -2.37. The van der Waals surface area contributed by atoms with Gasteiger partial charge >= 0.3 is 0 Å². The van der Waals surface area contributed by atoms with Crippen molar-refractivity contribution in [2.45, 2.75) is 6.42 Å². The first-order valence-electron chi connectivity index (χ1n) is 8.01. The number of rotatable bonds is 2. The van der Waals surface area contributed by atoms with Crippen molar-refractivity contribution in [3.63, 3.8) is 0 Å². The van der Waals surface area contributed by atoms with Crippen LogP contribution >= 0.6 is 22.6 Å². The second-order valence-electron chi connectivity index (χ2n) is 6.94. The number of nitrogens with zero attached hydrogens (tertiary/aromatic N) is 2. The van der Waals surface area contributed by atoms with Crippen molar-refractivity contribution in [1.29, 1.82) is 0 Å². The van der Waals surface area contributed by atoms with E-state index < -0.39 is 0 Å². The van der Waals surface area contributed by atoms with Crippen LogP contribution in [0.5, 0.6) is 0 Å². The molecule has 23 heavy (non-hydrogen) atoms. The summed E-state index contributed by atoms with van der Waals surface area (Å²) in [5, 5.41) is 5.35. The van der Waals surface area contributed by atoms with Crippen LogP contribution in [0, 0.1) is 39.1 Å². The second-order valence-corrected chi connectivity index (χ2v) is 8.18. The largest absolute Gasteiger partial charge is 0.272 e.